The maximum Gasteiger partial charge on any atom is 0.339 e. The number of esters is 1. The van der Waals surface area contributed by atoms with Crippen molar-refractivity contribution in [3.63, 3.8) is 0 Å². The number of ether oxygens (including phenoxy) is 1. The van der Waals surface area contributed by atoms with Gasteiger partial charge in [0.15, 0.2) is 6.10 Å². The number of carbonyl (C=O) groups is 2. The average molecular weight is 453 g/mol. The first kappa shape index (κ1) is 22.0. The molecule has 2 N–H and O–H groups in total. The lowest BCUT2D eigenvalue weighted by atomic mass is 10.1. The Bertz CT molecular complexity index is 1300. The summed E-state index contributed by atoms with van der Waals surface area (Å²) in [4.78, 5) is 25.3. The molecule has 1 unspecified atom stereocenters. The van der Waals surface area contributed by atoms with Gasteiger partial charge < -0.3 is 10.1 Å². The maximum atomic E-state index is 12.7. The highest BCUT2D eigenvalue weighted by Gasteiger charge is 2.29. The summed E-state index contributed by atoms with van der Waals surface area (Å²) < 4.78 is 32.9. The third-order valence-electron chi connectivity index (χ3n) is 5.31. The molecule has 1 saturated carbocycles. The van der Waals surface area contributed by atoms with Crippen LogP contribution in [0, 0.1) is 6.92 Å². The number of rotatable bonds is 7. The number of fused-ring (bicyclic) bond motifs is 1. The monoisotopic (exact) mass is 452 g/mol. The molecule has 7 nitrogen and oxygen atoms in total. The van der Waals surface area contributed by atoms with Gasteiger partial charge in [0.1, 0.15) is 0 Å². The molecule has 3 aromatic carbocycles. The van der Waals surface area contributed by atoms with Crippen molar-refractivity contribution < 1.29 is 22.7 Å². The van der Waals surface area contributed by atoms with E-state index in [4.69, 9.17) is 4.74 Å². The second kappa shape index (κ2) is 8.72. The molecule has 0 heterocycles. The standard InChI is InChI=1S/C24H24N2O5S/c1-15-7-12-21(32(29,30)26-19-10-11-19)14-22(15)24(28)31-16(2)23(27)25-20-9-8-17-5-3-4-6-18(17)13-20/h3-9,12-14,16,19,26H,10-11H2,1-2H3,(H,25,27). The van der Waals surface area contributed by atoms with E-state index >= 15 is 0 Å². The van der Waals surface area contributed by atoms with E-state index in [1.54, 1.807) is 19.1 Å². The lowest BCUT2D eigenvalue weighted by Crippen LogP contribution is -2.30. The van der Waals surface area contributed by atoms with Gasteiger partial charge in [-0.3, -0.25) is 4.79 Å². The Morgan fingerprint density at radius 3 is 2.44 bits per heavy atom. The number of anilines is 1. The summed E-state index contributed by atoms with van der Waals surface area (Å²) in [5, 5.41) is 4.77. The summed E-state index contributed by atoms with van der Waals surface area (Å²) in [7, 11) is -3.71. The Morgan fingerprint density at radius 2 is 1.72 bits per heavy atom. The number of nitrogens with one attached hydrogen (secondary N) is 2. The topological polar surface area (TPSA) is 102 Å². The second-order valence-corrected chi connectivity index (χ2v) is 9.68. The van der Waals surface area contributed by atoms with Crippen LogP contribution in [0.25, 0.3) is 10.8 Å². The van der Waals surface area contributed by atoms with Crippen molar-refractivity contribution in [1.82, 2.24) is 4.72 Å². The number of hydrogen-bond donors (Lipinski definition) is 2. The number of hydrogen-bond acceptors (Lipinski definition) is 5. The summed E-state index contributed by atoms with van der Waals surface area (Å²) in [6.45, 7) is 3.15. The molecule has 32 heavy (non-hydrogen) atoms. The molecule has 3 aromatic rings. The van der Waals surface area contributed by atoms with E-state index in [1.165, 1.54) is 19.1 Å². The van der Waals surface area contributed by atoms with Crippen LogP contribution in [0.3, 0.4) is 0 Å². The Hall–Kier alpha value is -3.23. The molecule has 0 aliphatic heterocycles. The van der Waals surface area contributed by atoms with Gasteiger partial charge in [-0.2, -0.15) is 0 Å². The fourth-order valence-corrected chi connectivity index (χ4v) is 4.60. The summed E-state index contributed by atoms with van der Waals surface area (Å²) in [6, 6.07) is 17.5. The molecule has 0 aromatic heterocycles. The molecule has 1 aliphatic carbocycles. The average Bonchev–Trinajstić information content (AvgIpc) is 3.57. The molecular formula is C24H24N2O5S. The molecule has 4 rings (SSSR count). The van der Waals surface area contributed by atoms with Gasteiger partial charge in [0.05, 0.1) is 10.5 Å². The fraction of sp³-hybridized carbons (Fsp3) is 0.250. The van der Waals surface area contributed by atoms with Crippen LogP contribution in [0.2, 0.25) is 0 Å². The van der Waals surface area contributed by atoms with Gasteiger partial charge in [-0.15, -0.1) is 0 Å². The van der Waals surface area contributed by atoms with E-state index in [9.17, 15) is 18.0 Å². The summed E-state index contributed by atoms with van der Waals surface area (Å²) in [6.07, 6.45) is 0.548. The van der Waals surface area contributed by atoms with Crippen molar-refractivity contribution >= 4 is 38.4 Å². The van der Waals surface area contributed by atoms with Crippen LogP contribution in [0.5, 0.6) is 0 Å². The molecule has 0 radical (unpaired) electrons. The van der Waals surface area contributed by atoms with Crippen molar-refractivity contribution in [2.24, 2.45) is 0 Å². The van der Waals surface area contributed by atoms with E-state index < -0.39 is 28.0 Å². The minimum absolute atomic E-state index is 0.00443. The Morgan fingerprint density at radius 1 is 1.00 bits per heavy atom. The smallest absolute Gasteiger partial charge is 0.339 e. The zero-order chi connectivity index (χ0) is 22.9. The van der Waals surface area contributed by atoms with Gasteiger partial charge in [-0.25, -0.2) is 17.9 Å². The van der Waals surface area contributed by atoms with Gasteiger partial charge in [0.2, 0.25) is 10.0 Å². The quantitative estimate of drug-likeness (QED) is 0.532. The number of benzene rings is 3. The highest BCUT2D eigenvalue weighted by atomic mass is 32.2. The third kappa shape index (κ3) is 4.98. The molecule has 1 atom stereocenters. The highest BCUT2D eigenvalue weighted by Crippen LogP contribution is 2.24. The van der Waals surface area contributed by atoms with Gasteiger partial charge in [0, 0.05) is 11.7 Å². The number of sulfonamides is 1. The van der Waals surface area contributed by atoms with E-state index in [-0.39, 0.29) is 16.5 Å². The predicted octanol–water partition coefficient (Wildman–Crippen LogP) is 3.77. The van der Waals surface area contributed by atoms with Crippen LogP contribution in [0.15, 0.2) is 65.6 Å². The van der Waals surface area contributed by atoms with E-state index in [0.717, 1.165) is 23.6 Å². The number of amides is 1. The minimum Gasteiger partial charge on any atom is -0.449 e. The molecule has 0 saturated heterocycles. The highest BCUT2D eigenvalue weighted by molar-refractivity contribution is 7.89. The van der Waals surface area contributed by atoms with E-state index in [2.05, 4.69) is 10.0 Å². The van der Waals surface area contributed by atoms with Gasteiger partial charge in [0.25, 0.3) is 5.91 Å². The molecule has 0 spiro atoms. The first-order valence-corrected chi connectivity index (χ1v) is 11.8. The predicted molar refractivity (Wildman–Crippen MR) is 122 cm³/mol. The fourth-order valence-electron chi connectivity index (χ4n) is 3.27. The molecule has 0 bridgehead atoms. The first-order valence-electron chi connectivity index (χ1n) is 10.4. The summed E-state index contributed by atoms with van der Waals surface area (Å²) in [5.41, 5.74) is 1.25. The molecule has 1 aliphatic rings. The van der Waals surface area contributed by atoms with Crippen molar-refractivity contribution in [2.45, 2.75) is 43.7 Å². The van der Waals surface area contributed by atoms with Crippen molar-refractivity contribution in [1.29, 1.82) is 0 Å². The Balaban J connectivity index is 1.45. The van der Waals surface area contributed by atoms with Crippen molar-refractivity contribution in [3.05, 3.63) is 71.8 Å². The Kier molecular flexibility index (Phi) is 5.99. The zero-order valence-electron chi connectivity index (χ0n) is 17.8. The normalized spacial score (nSPS) is 14.7. The number of carbonyl (C=O) groups excluding carboxylic acids is 2. The maximum absolute atomic E-state index is 12.7. The molecule has 1 fully saturated rings. The largest absolute Gasteiger partial charge is 0.449 e. The first-order chi connectivity index (χ1) is 15.2. The van der Waals surface area contributed by atoms with E-state index in [1.807, 2.05) is 36.4 Å². The lowest BCUT2D eigenvalue weighted by molar-refractivity contribution is -0.123. The third-order valence-corrected chi connectivity index (χ3v) is 6.83. The Labute approximate surface area is 186 Å². The van der Waals surface area contributed by atoms with Gasteiger partial charge in [-0.1, -0.05) is 36.4 Å². The lowest BCUT2D eigenvalue weighted by Gasteiger charge is -2.15. The summed E-state index contributed by atoms with van der Waals surface area (Å²) in [5.74, 6) is -1.24. The van der Waals surface area contributed by atoms with Crippen molar-refractivity contribution in [2.75, 3.05) is 5.32 Å². The van der Waals surface area contributed by atoms with E-state index in [0.29, 0.717) is 11.3 Å². The van der Waals surface area contributed by atoms with Crippen LogP contribution in [0.1, 0.15) is 35.7 Å². The number of aryl methyl sites for hydroxylation is 1. The zero-order valence-corrected chi connectivity index (χ0v) is 18.6. The summed E-state index contributed by atoms with van der Waals surface area (Å²) >= 11 is 0. The second-order valence-electron chi connectivity index (χ2n) is 7.97. The van der Waals surface area contributed by atoms with Crippen LogP contribution in [0.4, 0.5) is 5.69 Å². The van der Waals surface area contributed by atoms with Crippen LogP contribution in [-0.2, 0) is 19.6 Å². The van der Waals surface area contributed by atoms with Crippen LogP contribution in [-0.4, -0.2) is 32.4 Å². The van der Waals surface area contributed by atoms with Crippen LogP contribution >= 0.6 is 0 Å². The van der Waals surface area contributed by atoms with Gasteiger partial charge in [-0.05, 0) is 67.3 Å². The molecule has 166 valence electrons. The molecule has 1 amide bonds. The minimum atomic E-state index is -3.71. The molecule has 8 heteroatoms. The van der Waals surface area contributed by atoms with Crippen LogP contribution < -0.4 is 10.0 Å². The van der Waals surface area contributed by atoms with Crippen molar-refractivity contribution in [3.8, 4) is 0 Å². The SMILES string of the molecule is Cc1ccc(S(=O)(=O)NC2CC2)cc1C(=O)OC(C)C(=O)Nc1ccc2ccccc2c1. The van der Waals surface area contributed by atoms with Gasteiger partial charge >= 0.3 is 5.97 Å². The molecular weight excluding hydrogens is 428 g/mol.